The smallest absolute Gasteiger partial charge is 0.463 e. The zero-order chi connectivity index (χ0) is 25.0. The highest BCUT2D eigenvalue weighted by Crippen LogP contribution is 2.59. The van der Waals surface area contributed by atoms with E-state index in [9.17, 15) is 18.5 Å². The van der Waals surface area contributed by atoms with Crippen molar-refractivity contribution in [3.8, 4) is 0 Å². The van der Waals surface area contributed by atoms with Crippen LogP contribution in [0.15, 0.2) is 24.3 Å². The molecule has 2 fully saturated rings. The van der Waals surface area contributed by atoms with E-state index < -0.39 is 69.0 Å². The number of phosphoric acid groups is 1. The van der Waals surface area contributed by atoms with Crippen LogP contribution in [-0.2, 0) is 41.9 Å². The number of benzene rings is 1. The highest BCUT2D eigenvalue weighted by atomic mass is 35.5. The summed E-state index contributed by atoms with van der Waals surface area (Å²) in [6.45, 7) is 5.37. The minimum atomic E-state index is -4.20. The van der Waals surface area contributed by atoms with E-state index in [4.69, 9.17) is 39.4 Å². The van der Waals surface area contributed by atoms with Crippen LogP contribution in [0.2, 0.25) is 5.02 Å². The third-order valence-corrected chi connectivity index (χ3v) is 7.58. The van der Waals surface area contributed by atoms with Gasteiger partial charge in [0.2, 0.25) is 6.29 Å². The van der Waals surface area contributed by atoms with Gasteiger partial charge in [-0.1, -0.05) is 37.6 Å². The Bertz CT molecular complexity index is 931. The fourth-order valence-corrected chi connectivity index (χ4v) is 5.64. The molecule has 3 rings (SSSR count). The molecule has 9 nitrogen and oxygen atoms in total. The second kappa shape index (κ2) is 11.5. The van der Waals surface area contributed by atoms with E-state index in [0.717, 1.165) is 0 Å². The number of rotatable bonds is 7. The number of halogens is 2. The van der Waals surface area contributed by atoms with Gasteiger partial charge >= 0.3 is 19.8 Å². The second-order valence-electron chi connectivity index (χ2n) is 8.40. The molecule has 0 saturated carbocycles. The molecule has 12 heteroatoms. The average molecular weight is 523 g/mol. The molecule has 0 N–H and O–H groups in total. The Morgan fingerprint density at radius 3 is 2.62 bits per heavy atom. The first-order valence-corrected chi connectivity index (χ1v) is 12.8. The lowest BCUT2D eigenvalue weighted by atomic mass is 9.82. The molecule has 1 aromatic rings. The zero-order valence-corrected chi connectivity index (χ0v) is 21.0. The molecule has 0 spiro atoms. The van der Waals surface area contributed by atoms with Gasteiger partial charge in [-0.25, -0.2) is 8.96 Å². The number of esters is 2. The Morgan fingerprint density at radius 2 is 1.97 bits per heavy atom. The number of alkyl halides is 1. The Kier molecular flexibility index (Phi) is 9.11. The summed E-state index contributed by atoms with van der Waals surface area (Å²) < 4.78 is 60.9. The maximum atomic E-state index is 14.9. The number of carbonyl (C=O) groups is 2. The molecule has 0 amide bonds. The van der Waals surface area contributed by atoms with Crippen molar-refractivity contribution in [1.82, 2.24) is 0 Å². The zero-order valence-electron chi connectivity index (χ0n) is 19.3. The maximum absolute atomic E-state index is 14.9. The summed E-state index contributed by atoms with van der Waals surface area (Å²) in [7, 11) is -4.20. The number of hydrogen-bond acceptors (Lipinski definition) is 9. The van der Waals surface area contributed by atoms with Gasteiger partial charge in [-0.3, -0.25) is 23.2 Å². The monoisotopic (exact) mass is 522 g/mol. The Morgan fingerprint density at radius 1 is 1.24 bits per heavy atom. The lowest BCUT2D eigenvalue weighted by molar-refractivity contribution is -0.265. The van der Waals surface area contributed by atoms with Gasteiger partial charge in [0.25, 0.3) is 0 Å². The summed E-state index contributed by atoms with van der Waals surface area (Å²) in [6, 6.07) is 6.89. The van der Waals surface area contributed by atoms with Gasteiger partial charge in [-0.2, -0.15) is 0 Å². The van der Waals surface area contributed by atoms with Crippen LogP contribution < -0.4 is 0 Å². The minimum Gasteiger partial charge on any atom is -0.463 e. The molecule has 2 saturated heterocycles. The van der Waals surface area contributed by atoms with Crippen LogP contribution >= 0.6 is 19.4 Å². The Balaban J connectivity index is 1.80. The summed E-state index contributed by atoms with van der Waals surface area (Å²) >= 11 is 6.06. The molecule has 0 radical (unpaired) electrons. The van der Waals surface area contributed by atoms with Gasteiger partial charge in [-0.05, 0) is 23.6 Å². The first-order chi connectivity index (χ1) is 16.0. The van der Waals surface area contributed by atoms with Gasteiger partial charge in [0.05, 0.1) is 18.8 Å². The largest absolute Gasteiger partial charge is 0.477 e. The molecule has 190 valence electrons. The normalized spacial score (nSPS) is 34.8. The van der Waals surface area contributed by atoms with E-state index in [2.05, 4.69) is 0 Å². The third kappa shape index (κ3) is 6.77. The molecule has 2 aliphatic heterocycles. The summed E-state index contributed by atoms with van der Waals surface area (Å²) in [5, 5.41) is 0.487. The van der Waals surface area contributed by atoms with E-state index in [-0.39, 0.29) is 6.61 Å². The van der Waals surface area contributed by atoms with Gasteiger partial charge in [-0.15, -0.1) is 0 Å². The van der Waals surface area contributed by atoms with Gasteiger partial charge in [0.15, 0.2) is 12.3 Å². The van der Waals surface area contributed by atoms with Crippen molar-refractivity contribution in [3.63, 3.8) is 0 Å². The summed E-state index contributed by atoms with van der Waals surface area (Å²) in [6.07, 6.45) is -5.46. The molecule has 0 aliphatic carbocycles. The number of carbonyl (C=O) groups excluding carboxylic acids is 2. The molecule has 34 heavy (non-hydrogen) atoms. The molecule has 8 atom stereocenters. The first-order valence-electron chi connectivity index (χ1n) is 11.0. The highest BCUT2D eigenvalue weighted by molar-refractivity contribution is 7.48. The standard InChI is InChI=1S/C22H29ClFO9P/c1-12-13(2)21(30-15(4)26)22(31-20(12)18(24)11-28-14(3)25)33-34(27)29-9-8-19(32-34)16-6-5-7-17(23)10-16/h5-7,10,12-13,18-22H,8-9,11H2,1-4H3/t12-,13-,18-,19+,20?,21?,22-,34+/m0/s1. The molecule has 0 aromatic heterocycles. The predicted octanol–water partition coefficient (Wildman–Crippen LogP) is 4.77. The number of hydrogen-bond donors (Lipinski definition) is 0. The predicted molar refractivity (Wildman–Crippen MR) is 119 cm³/mol. The fraction of sp³-hybridized carbons (Fsp3) is 0.636. The Labute approximate surface area is 202 Å². The van der Waals surface area contributed by atoms with Crippen LogP contribution in [0.1, 0.15) is 45.8 Å². The first kappa shape index (κ1) is 27.0. The highest BCUT2D eigenvalue weighted by Gasteiger charge is 2.51. The quantitative estimate of drug-likeness (QED) is 0.369. The molecule has 2 unspecified atom stereocenters. The molecule has 2 heterocycles. The number of ether oxygens (including phenoxy) is 3. The lowest BCUT2D eigenvalue weighted by Gasteiger charge is -2.45. The molecule has 0 bridgehead atoms. The van der Waals surface area contributed by atoms with Crippen molar-refractivity contribution in [3.05, 3.63) is 34.9 Å². The van der Waals surface area contributed by atoms with E-state index in [1.54, 1.807) is 38.1 Å². The van der Waals surface area contributed by atoms with Crippen LogP contribution in [-0.4, -0.2) is 49.8 Å². The SMILES string of the molecule is CC(=O)OC[C@H](F)C1O[C@@H](O[P@]2(=O)OCC[C@H](c3cccc(Cl)c3)O2)C(OC(C)=O)[C@@H](C)[C@@H]1C. The van der Waals surface area contributed by atoms with Crippen molar-refractivity contribution < 1.29 is 46.3 Å². The lowest BCUT2D eigenvalue weighted by Crippen LogP contribution is -2.55. The molecular weight excluding hydrogens is 494 g/mol. The summed E-state index contributed by atoms with van der Waals surface area (Å²) in [5.41, 5.74) is 0.686. The molecule has 1 aromatic carbocycles. The molecule has 2 aliphatic rings. The third-order valence-electron chi connectivity index (χ3n) is 5.87. The van der Waals surface area contributed by atoms with Crippen molar-refractivity contribution in [2.75, 3.05) is 13.2 Å². The minimum absolute atomic E-state index is 0.0625. The van der Waals surface area contributed by atoms with Crippen LogP contribution in [0.25, 0.3) is 0 Å². The van der Waals surface area contributed by atoms with E-state index >= 15 is 0 Å². The maximum Gasteiger partial charge on any atom is 0.477 e. The van der Waals surface area contributed by atoms with Crippen molar-refractivity contribution in [2.45, 2.75) is 64.9 Å². The molecular formula is C22H29ClFO9P. The van der Waals surface area contributed by atoms with Crippen LogP contribution in [0.5, 0.6) is 0 Å². The second-order valence-corrected chi connectivity index (χ2v) is 10.4. The van der Waals surface area contributed by atoms with Gasteiger partial charge < -0.3 is 14.2 Å². The van der Waals surface area contributed by atoms with Gasteiger partial charge in [0.1, 0.15) is 6.61 Å². The van der Waals surface area contributed by atoms with Crippen LogP contribution in [0.3, 0.4) is 0 Å². The van der Waals surface area contributed by atoms with Crippen LogP contribution in [0, 0.1) is 11.8 Å². The van der Waals surface area contributed by atoms with Crippen LogP contribution in [0.4, 0.5) is 4.39 Å². The van der Waals surface area contributed by atoms with Gasteiger partial charge in [0, 0.05) is 31.2 Å². The van der Waals surface area contributed by atoms with Crippen molar-refractivity contribution >= 4 is 31.4 Å². The number of phosphoric ester groups is 1. The topological polar surface area (TPSA) is 107 Å². The Hall–Kier alpha value is -1.55. The average Bonchev–Trinajstić information content (AvgIpc) is 2.76. The van der Waals surface area contributed by atoms with Crippen molar-refractivity contribution in [1.29, 1.82) is 0 Å². The van der Waals surface area contributed by atoms with E-state index in [0.29, 0.717) is 17.0 Å². The van der Waals surface area contributed by atoms with E-state index in [1.165, 1.54) is 13.8 Å². The summed E-state index contributed by atoms with van der Waals surface area (Å²) in [5.74, 6) is -2.16. The summed E-state index contributed by atoms with van der Waals surface area (Å²) in [4.78, 5) is 22.8. The van der Waals surface area contributed by atoms with E-state index in [1.807, 2.05) is 0 Å². The van der Waals surface area contributed by atoms with Crippen molar-refractivity contribution in [2.24, 2.45) is 11.8 Å². The fourth-order valence-electron chi connectivity index (χ4n) is 3.98.